The highest BCUT2D eigenvalue weighted by molar-refractivity contribution is 7.71. The molecule has 1 heterocycles. The number of rotatable bonds is 6. The Kier molecular flexibility index (Phi) is 5.33. The van der Waals surface area contributed by atoms with Crippen molar-refractivity contribution in [3.63, 3.8) is 0 Å². The average Bonchev–Trinajstić information content (AvgIpc) is 2.97. The van der Waals surface area contributed by atoms with E-state index in [1.165, 1.54) is 4.68 Å². The number of aromatic nitrogens is 3. The number of aromatic amines is 1. The van der Waals surface area contributed by atoms with E-state index in [1.54, 1.807) is 36.5 Å². The van der Waals surface area contributed by atoms with Gasteiger partial charge in [-0.05, 0) is 60.6 Å². The van der Waals surface area contributed by atoms with Crippen molar-refractivity contribution in [3.8, 4) is 17.2 Å². The predicted octanol–water partition coefficient (Wildman–Crippen LogP) is 3.22. The zero-order valence-corrected chi connectivity index (χ0v) is 14.9. The number of hydrogen-bond donors (Lipinski definition) is 3. The molecule has 0 unspecified atom stereocenters. The molecule has 3 N–H and O–H groups in total. The molecule has 7 nitrogen and oxygen atoms in total. The van der Waals surface area contributed by atoms with Crippen molar-refractivity contribution in [1.82, 2.24) is 14.9 Å². The molecule has 0 spiro atoms. The molecule has 134 valence electrons. The lowest BCUT2D eigenvalue weighted by Gasteiger charge is -2.06. The van der Waals surface area contributed by atoms with Crippen molar-refractivity contribution in [2.45, 2.75) is 13.3 Å². The fourth-order valence-corrected chi connectivity index (χ4v) is 2.56. The predicted molar refractivity (Wildman–Crippen MR) is 101 cm³/mol. The van der Waals surface area contributed by atoms with Crippen molar-refractivity contribution >= 4 is 18.4 Å². The van der Waals surface area contributed by atoms with E-state index in [9.17, 15) is 10.2 Å². The Morgan fingerprint density at radius 2 is 2.00 bits per heavy atom. The highest BCUT2D eigenvalue weighted by Gasteiger charge is 2.07. The normalized spacial score (nSPS) is 11.1. The number of benzene rings is 2. The van der Waals surface area contributed by atoms with Gasteiger partial charge in [-0.25, -0.2) is 0 Å². The van der Waals surface area contributed by atoms with Crippen LogP contribution in [0.4, 0.5) is 0 Å². The van der Waals surface area contributed by atoms with E-state index in [1.807, 2.05) is 19.1 Å². The number of nitrogens with zero attached hydrogens (tertiary/aromatic N) is 3. The molecular weight excluding hydrogens is 352 g/mol. The number of nitrogens with one attached hydrogen (secondary N) is 1. The van der Waals surface area contributed by atoms with Gasteiger partial charge in [0.25, 0.3) is 0 Å². The van der Waals surface area contributed by atoms with Crippen LogP contribution in [0, 0.1) is 4.77 Å². The Bertz CT molecular complexity index is 977. The molecule has 26 heavy (non-hydrogen) atoms. The van der Waals surface area contributed by atoms with Crippen LogP contribution in [0.2, 0.25) is 0 Å². The fraction of sp³-hybridized carbons (Fsp3) is 0.167. The lowest BCUT2D eigenvalue weighted by molar-refractivity contribution is 0.318. The van der Waals surface area contributed by atoms with Gasteiger partial charge in [0.1, 0.15) is 5.75 Å². The first kappa shape index (κ1) is 17.7. The molecule has 0 atom stereocenters. The van der Waals surface area contributed by atoms with Gasteiger partial charge < -0.3 is 14.9 Å². The first-order chi connectivity index (χ1) is 12.6. The molecule has 0 aliphatic heterocycles. The van der Waals surface area contributed by atoms with Gasteiger partial charge in [-0.2, -0.15) is 14.9 Å². The van der Waals surface area contributed by atoms with Gasteiger partial charge in [0, 0.05) is 6.42 Å². The summed E-state index contributed by atoms with van der Waals surface area (Å²) in [4.78, 5) is 0. The number of phenolic OH excluding ortho intramolecular Hbond substituents is 2. The molecule has 3 rings (SSSR count). The van der Waals surface area contributed by atoms with Crippen molar-refractivity contribution in [2.24, 2.45) is 5.10 Å². The molecule has 0 amide bonds. The number of phenols is 2. The summed E-state index contributed by atoms with van der Waals surface area (Å²) >= 11 is 5.24. The molecule has 0 fully saturated rings. The van der Waals surface area contributed by atoms with Crippen molar-refractivity contribution < 1.29 is 14.9 Å². The van der Waals surface area contributed by atoms with Crippen LogP contribution >= 0.6 is 12.2 Å². The number of ether oxygens (including phenoxy) is 1. The van der Waals surface area contributed by atoms with Gasteiger partial charge in [0.05, 0.1) is 12.8 Å². The van der Waals surface area contributed by atoms with E-state index in [4.69, 9.17) is 17.0 Å². The van der Waals surface area contributed by atoms with Gasteiger partial charge in [-0.1, -0.05) is 12.1 Å². The summed E-state index contributed by atoms with van der Waals surface area (Å²) in [5.74, 6) is 1.33. The van der Waals surface area contributed by atoms with Gasteiger partial charge in [0.15, 0.2) is 17.3 Å². The first-order valence-electron chi connectivity index (χ1n) is 8.01. The molecule has 0 saturated carbocycles. The smallest absolute Gasteiger partial charge is 0.216 e. The topological polar surface area (TPSA) is 95.7 Å². The van der Waals surface area contributed by atoms with Crippen LogP contribution in [0.5, 0.6) is 17.2 Å². The van der Waals surface area contributed by atoms with E-state index in [0.717, 1.165) is 11.1 Å². The molecule has 2 aromatic carbocycles. The number of hydrogen-bond acceptors (Lipinski definition) is 6. The van der Waals surface area contributed by atoms with Crippen LogP contribution < -0.4 is 4.74 Å². The third kappa shape index (κ3) is 4.09. The number of H-pyrrole nitrogens is 1. The van der Waals surface area contributed by atoms with E-state index < -0.39 is 0 Å². The van der Waals surface area contributed by atoms with E-state index in [0.29, 0.717) is 29.4 Å². The van der Waals surface area contributed by atoms with E-state index in [2.05, 4.69) is 15.3 Å². The highest BCUT2D eigenvalue weighted by Crippen LogP contribution is 2.26. The summed E-state index contributed by atoms with van der Waals surface area (Å²) in [6.45, 7) is 2.30. The largest absolute Gasteiger partial charge is 0.508 e. The Morgan fingerprint density at radius 1 is 1.23 bits per heavy atom. The molecule has 8 heteroatoms. The summed E-state index contributed by atoms with van der Waals surface area (Å²) in [5.41, 5.74) is 1.72. The van der Waals surface area contributed by atoms with Gasteiger partial charge >= 0.3 is 0 Å². The molecule has 0 aliphatic carbocycles. The third-order valence-corrected chi connectivity index (χ3v) is 3.89. The van der Waals surface area contributed by atoms with Crippen LogP contribution in [-0.4, -0.2) is 37.9 Å². The second-order valence-electron chi connectivity index (χ2n) is 5.50. The maximum atomic E-state index is 9.77. The second kappa shape index (κ2) is 7.83. The average molecular weight is 370 g/mol. The summed E-state index contributed by atoms with van der Waals surface area (Å²) in [6.07, 6.45) is 2.12. The fourth-order valence-electron chi connectivity index (χ4n) is 2.36. The highest BCUT2D eigenvalue weighted by atomic mass is 32.1. The Morgan fingerprint density at radius 3 is 2.73 bits per heavy atom. The Balaban J connectivity index is 1.85. The maximum absolute atomic E-state index is 9.77. The molecule has 1 aromatic heterocycles. The lowest BCUT2D eigenvalue weighted by atomic mass is 10.1. The van der Waals surface area contributed by atoms with Crippen molar-refractivity contribution in [1.29, 1.82) is 0 Å². The molecule has 0 saturated heterocycles. The molecule has 3 aromatic rings. The van der Waals surface area contributed by atoms with Gasteiger partial charge in [0.2, 0.25) is 4.77 Å². The van der Waals surface area contributed by atoms with Crippen LogP contribution in [0.25, 0.3) is 0 Å². The third-order valence-electron chi connectivity index (χ3n) is 3.62. The summed E-state index contributed by atoms with van der Waals surface area (Å²) in [6, 6.07) is 11.9. The minimum absolute atomic E-state index is 0.0805. The summed E-state index contributed by atoms with van der Waals surface area (Å²) < 4.78 is 7.28. The first-order valence-corrected chi connectivity index (χ1v) is 8.42. The molecule has 0 aliphatic rings. The summed E-state index contributed by atoms with van der Waals surface area (Å²) in [5, 5.41) is 30.5. The molecular formula is C18H18N4O3S. The minimum Gasteiger partial charge on any atom is -0.508 e. The SMILES string of the molecule is CCOc1cc(C=Nn2c(Cc3ccc(O)cc3)n[nH]c2=S)ccc1O. The van der Waals surface area contributed by atoms with Gasteiger partial charge in [-0.15, -0.1) is 0 Å². The van der Waals surface area contributed by atoms with E-state index in [-0.39, 0.29) is 11.5 Å². The van der Waals surface area contributed by atoms with Crippen LogP contribution in [0.1, 0.15) is 23.9 Å². The van der Waals surface area contributed by atoms with Crippen molar-refractivity contribution in [2.75, 3.05) is 6.61 Å². The second-order valence-corrected chi connectivity index (χ2v) is 5.89. The van der Waals surface area contributed by atoms with Crippen LogP contribution in [0.3, 0.4) is 0 Å². The van der Waals surface area contributed by atoms with Gasteiger partial charge in [-0.3, -0.25) is 5.10 Å². The molecule has 0 radical (unpaired) electrons. The molecule has 0 bridgehead atoms. The Hall–Kier alpha value is -3.13. The van der Waals surface area contributed by atoms with Crippen LogP contribution in [-0.2, 0) is 6.42 Å². The summed E-state index contributed by atoms with van der Waals surface area (Å²) in [7, 11) is 0. The number of aromatic hydroxyl groups is 2. The standard InChI is InChI=1S/C18H18N4O3S/c1-2-25-16-9-13(5-8-15(16)24)11-19-22-17(20-21-18(22)26)10-12-3-6-14(23)7-4-12/h3-9,11,23-24H,2,10H2,1H3,(H,21,26). The van der Waals surface area contributed by atoms with E-state index >= 15 is 0 Å². The monoisotopic (exact) mass is 370 g/mol. The van der Waals surface area contributed by atoms with Crippen molar-refractivity contribution in [3.05, 3.63) is 64.2 Å². The van der Waals surface area contributed by atoms with Crippen LogP contribution in [0.15, 0.2) is 47.6 Å². The quantitative estimate of drug-likeness (QED) is 0.457. The zero-order chi connectivity index (χ0) is 18.5. The Labute approximate surface area is 155 Å². The maximum Gasteiger partial charge on any atom is 0.216 e. The minimum atomic E-state index is 0.0805. The lowest BCUT2D eigenvalue weighted by Crippen LogP contribution is -2.00. The zero-order valence-electron chi connectivity index (χ0n) is 14.1.